The molecule has 1 aromatic heterocycles. The van der Waals surface area contributed by atoms with E-state index in [1.165, 1.54) is 11.3 Å². The highest BCUT2D eigenvalue weighted by molar-refractivity contribution is 5.58. The van der Waals surface area contributed by atoms with Crippen LogP contribution in [0.1, 0.15) is 56.0 Å². The summed E-state index contributed by atoms with van der Waals surface area (Å²) in [5, 5.41) is 9.84. The van der Waals surface area contributed by atoms with E-state index in [2.05, 4.69) is 43.6 Å². The van der Waals surface area contributed by atoms with Crippen LogP contribution in [0.25, 0.3) is 0 Å². The number of rotatable bonds is 2. The van der Waals surface area contributed by atoms with Crippen molar-refractivity contribution in [3.8, 4) is 6.07 Å². The second-order valence-corrected chi connectivity index (χ2v) is 7.31. The first-order chi connectivity index (χ1) is 10.9. The van der Waals surface area contributed by atoms with Crippen molar-refractivity contribution in [3.05, 3.63) is 22.4 Å². The van der Waals surface area contributed by atoms with Gasteiger partial charge in [0.1, 0.15) is 30.4 Å². The topological polar surface area (TPSA) is 59.6 Å². The molecular weight excluding hydrogens is 290 g/mol. The van der Waals surface area contributed by atoms with E-state index in [-0.39, 0.29) is 5.60 Å². The summed E-state index contributed by atoms with van der Waals surface area (Å²) in [7, 11) is 0. The summed E-state index contributed by atoms with van der Waals surface area (Å²) in [6.07, 6.45) is 0.775. The van der Waals surface area contributed by atoms with Gasteiger partial charge < -0.3 is 9.47 Å². The van der Waals surface area contributed by atoms with Crippen LogP contribution >= 0.6 is 0 Å². The summed E-state index contributed by atoms with van der Waals surface area (Å²) < 4.78 is 11.5. The molecule has 0 aliphatic carbocycles. The van der Waals surface area contributed by atoms with Gasteiger partial charge in [-0.05, 0) is 19.4 Å². The number of nitriles is 1. The maximum absolute atomic E-state index is 9.84. The Labute approximate surface area is 138 Å². The number of hydrogen-bond acceptors (Lipinski definition) is 4. The number of morpholine rings is 1. The van der Waals surface area contributed by atoms with Crippen molar-refractivity contribution in [2.24, 2.45) is 0 Å². The lowest BCUT2D eigenvalue weighted by Crippen LogP contribution is -2.43. The fraction of sp³-hybridized carbons (Fsp3) is 0.667. The number of nitrogens with one attached hydrogen (secondary N) is 1. The second-order valence-electron chi connectivity index (χ2n) is 7.31. The van der Waals surface area contributed by atoms with Gasteiger partial charge in [-0.1, -0.05) is 13.8 Å². The molecule has 0 saturated carbocycles. The summed E-state index contributed by atoms with van der Waals surface area (Å²) in [4.78, 5) is 5.80. The lowest BCUT2D eigenvalue weighted by atomic mass is 9.86. The molecule has 0 aromatic carbocycles. The van der Waals surface area contributed by atoms with Crippen molar-refractivity contribution in [3.63, 3.8) is 0 Å². The average Bonchev–Trinajstić information content (AvgIpc) is 2.53. The van der Waals surface area contributed by atoms with Crippen molar-refractivity contribution in [1.82, 2.24) is 0 Å². The minimum absolute atomic E-state index is 0.226. The molecule has 2 aliphatic rings. The Hall–Kier alpha value is -1.64. The van der Waals surface area contributed by atoms with E-state index in [0.717, 1.165) is 36.5 Å². The lowest BCUT2D eigenvalue weighted by molar-refractivity contribution is -0.381. The molecule has 0 atom stereocenters. The van der Waals surface area contributed by atoms with E-state index < -0.39 is 0 Å². The molecule has 0 spiro atoms. The normalized spacial score (nSPS) is 20.3. The van der Waals surface area contributed by atoms with Crippen LogP contribution in [0.5, 0.6) is 0 Å². The number of nitrogens with zero attached hydrogens (tertiary/aromatic N) is 2. The Kier molecular flexibility index (Phi) is 4.31. The third-order valence-corrected chi connectivity index (χ3v) is 4.71. The third kappa shape index (κ3) is 3.06. The van der Waals surface area contributed by atoms with Gasteiger partial charge in [-0.15, -0.1) is 0 Å². The molecule has 2 aliphatic heterocycles. The Balaban J connectivity index is 2.16. The largest absolute Gasteiger partial charge is 0.373 e. The predicted molar refractivity (Wildman–Crippen MR) is 87.4 cm³/mol. The van der Waals surface area contributed by atoms with Gasteiger partial charge in [0.05, 0.1) is 25.4 Å². The molecule has 5 nitrogen and oxygen atoms in total. The molecular formula is C18H26N3O2+. The predicted octanol–water partition coefficient (Wildman–Crippen LogP) is 2.18. The monoisotopic (exact) mass is 316 g/mol. The van der Waals surface area contributed by atoms with Crippen LogP contribution in [0.4, 0.5) is 5.82 Å². The summed E-state index contributed by atoms with van der Waals surface area (Å²) in [6, 6.07) is 2.46. The number of ether oxygens (including phenoxy) is 2. The number of anilines is 1. The first kappa shape index (κ1) is 16.2. The molecule has 1 aromatic rings. The number of fused-ring (bicyclic) bond motifs is 1. The molecule has 5 heteroatoms. The molecule has 0 bridgehead atoms. The first-order valence-electron chi connectivity index (χ1n) is 8.40. The number of H-pyrrole nitrogens is 1. The molecule has 1 saturated heterocycles. The molecule has 124 valence electrons. The number of hydrogen-bond donors (Lipinski definition) is 0. The van der Waals surface area contributed by atoms with Crippen LogP contribution in [0, 0.1) is 11.3 Å². The second kappa shape index (κ2) is 6.10. The van der Waals surface area contributed by atoms with Crippen LogP contribution in [0.15, 0.2) is 0 Å². The van der Waals surface area contributed by atoms with Crippen LogP contribution in [0.3, 0.4) is 0 Å². The van der Waals surface area contributed by atoms with Crippen molar-refractivity contribution < 1.29 is 14.5 Å². The smallest absolute Gasteiger partial charge is 0.293 e. The molecule has 0 amide bonds. The summed E-state index contributed by atoms with van der Waals surface area (Å²) in [6.45, 7) is 12.2. The van der Waals surface area contributed by atoms with Gasteiger partial charge in [-0.25, -0.2) is 4.98 Å². The molecule has 3 heterocycles. The van der Waals surface area contributed by atoms with E-state index in [9.17, 15) is 5.26 Å². The minimum Gasteiger partial charge on any atom is -0.373 e. The fourth-order valence-electron chi connectivity index (χ4n) is 3.46. The maximum atomic E-state index is 9.84. The quantitative estimate of drug-likeness (QED) is 0.839. The number of pyridine rings is 1. The molecule has 3 rings (SSSR count). The van der Waals surface area contributed by atoms with Crippen molar-refractivity contribution >= 4 is 5.82 Å². The van der Waals surface area contributed by atoms with Crippen LogP contribution in [-0.2, 0) is 22.5 Å². The molecule has 0 unspecified atom stereocenters. The SMILES string of the molecule is CC(C)c1[nH+]c(N2CCOCC2)c(C#N)c2c1COC(C)(C)C2. The Morgan fingerprint density at radius 2 is 1.91 bits per heavy atom. The summed E-state index contributed by atoms with van der Waals surface area (Å²) >= 11 is 0. The van der Waals surface area contributed by atoms with Crippen LogP contribution in [0.2, 0.25) is 0 Å². The molecule has 1 N–H and O–H groups in total. The highest BCUT2D eigenvalue weighted by Crippen LogP contribution is 2.35. The van der Waals surface area contributed by atoms with E-state index in [4.69, 9.17) is 9.47 Å². The van der Waals surface area contributed by atoms with E-state index in [1.54, 1.807) is 0 Å². The van der Waals surface area contributed by atoms with Gasteiger partial charge in [0.15, 0.2) is 0 Å². The average molecular weight is 316 g/mol. The zero-order valence-electron chi connectivity index (χ0n) is 14.5. The highest BCUT2D eigenvalue weighted by atomic mass is 16.5. The van der Waals surface area contributed by atoms with Crippen LogP contribution in [-0.4, -0.2) is 31.9 Å². The molecule has 23 heavy (non-hydrogen) atoms. The van der Waals surface area contributed by atoms with Gasteiger partial charge in [0.25, 0.3) is 5.82 Å². The Morgan fingerprint density at radius 1 is 1.22 bits per heavy atom. The Morgan fingerprint density at radius 3 is 2.52 bits per heavy atom. The number of aromatic amines is 1. The third-order valence-electron chi connectivity index (χ3n) is 4.71. The lowest BCUT2D eigenvalue weighted by Gasteiger charge is -2.34. The fourth-order valence-corrected chi connectivity index (χ4v) is 3.46. The van der Waals surface area contributed by atoms with Gasteiger partial charge in [-0.3, -0.25) is 4.90 Å². The van der Waals surface area contributed by atoms with Crippen LogP contribution < -0.4 is 9.88 Å². The minimum atomic E-state index is -0.226. The number of aromatic nitrogens is 1. The van der Waals surface area contributed by atoms with E-state index >= 15 is 0 Å². The maximum Gasteiger partial charge on any atom is 0.293 e. The van der Waals surface area contributed by atoms with E-state index in [0.29, 0.717) is 25.7 Å². The zero-order chi connectivity index (χ0) is 16.6. The van der Waals surface area contributed by atoms with Crippen molar-refractivity contribution in [2.45, 2.75) is 52.2 Å². The molecule has 1 fully saturated rings. The molecule has 0 radical (unpaired) electrons. The Bertz CT molecular complexity index is 641. The first-order valence-corrected chi connectivity index (χ1v) is 8.40. The standard InChI is InChI=1S/C18H25N3O2/c1-12(2)16-15-11-23-18(3,4)9-13(15)14(10-19)17(20-16)21-5-7-22-8-6-21/h12H,5-9,11H2,1-4H3/p+1. The summed E-state index contributed by atoms with van der Waals surface area (Å²) in [5.41, 5.74) is 4.08. The van der Waals surface area contributed by atoms with Gasteiger partial charge in [0.2, 0.25) is 0 Å². The van der Waals surface area contributed by atoms with Gasteiger partial charge >= 0.3 is 0 Å². The van der Waals surface area contributed by atoms with Gasteiger partial charge in [-0.2, -0.15) is 5.26 Å². The van der Waals surface area contributed by atoms with E-state index in [1.807, 2.05) is 0 Å². The zero-order valence-corrected chi connectivity index (χ0v) is 14.5. The van der Waals surface area contributed by atoms with Crippen molar-refractivity contribution in [2.75, 3.05) is 31.2 Å². The van der Waals surface area contributed by atoms with Gasteiger partial charge in [0, 0.05) is 17.9 Å². The highest BCUT2D eigenvalue weighted by Gasteiger charge is 2.36. The summed E-state index contributed by atoms with van der Waals surface area (Å²) in [5.74, 6) is 1.32. The van der Waals surface area contributed by atoms with Crippen molar-refractivity contribution in [1.29, 1.82) is 5.26 Å².